The first-order valence-corrected chi connectivity index (χ1v) is 8.10. The van der Waals surface area contributed by atoms with Crippen molar-refractivity contribution in [3.8, 4) is 0 Å². The van der Waals surface area contributed by atoms with E-state index in [9.17, 15) is 13.2 Å². The lowest BCUT2D eigenvalue weighted by molar-refractivity contribution is -0.114. The number of carbonyl (C=O) groups is 1. The van der Waals surface area contributed by atoms with Crippen LogP contribution in [0.2, 0.25) is 0 Å². The van der Waals surface area contributed by atoms with Gasteiger partial charge in [0.05, 0.1) is 11.4 Å². The molecule has 21 heavy (non-hydrogen) atoms. The topological polar surface area (TPSA) is 81.1 Å². The van der Waals surface area contributed by atoms with Crippen molar-refractivity contribution in [3.05, 3.63) is 23.0 Å². The van der Waals surface area contributed by atoms with E-state index in [4.69, 9.17) is 0 Å². The first-order valence-electron chi connectivity index (χ1n) is 6.62. The highest BCUT2D eigenvalue weighted by atomic mass is 32.2. The highest BCUT2D eigenvalue weighted by Gasteiger charge is 2.25. The Labute approximate surface area is 126 Å². The van der Waals surface area contributed by atoms with Crippen LogP contribution < -0.4 is 4.72 Å². The van der Waals surface area contributed by atoms with Crippen LogP contribution in [0.3, 0.4) is 0 Å². The molecule has 1 rings (SSSR count). The maximum absolute atomic E-state index is 12.3. The van der Waals surface area contributed by atoms with E-state index in [1.807, 2.05) is 20.8 Å². The van der Waals surface area contributed by atoms with E-state index in [0.29, 0.717) is 11.4 Å². The summed E-state index contributed by atoms with van der Waals surface area (Å²) in [5, 5.41) is 4.06. The fourth-order valence-electron chi connectivity index (χ4n) is 1.77. The van der Waals surface area contributed by atoms with Gasteiger partial charge in [0.2, 0.25) is 0 Å². The van der Waals surface area contributed by atoms with Crippen LogP contribution in [0.15, 0.2) is 16.5 Å². The van der Waals surface area contributed by atoms with Crippen LogP contribution >= 0.6 is 0 Å². The molecule has 0 radical (unpaired) electrons. The molecule has 0 aliphatic rings. The van der Waals surface area contributed by atoms with Gasteiger partial charge in [-0.05, 0) is 26.2 Å². The molecular weight excluding hydrogens is 290 g/mol. The van der Waals surface area contributed by atoms with Gasteiger partial charge in [-0.25, -0.2) is 13.1 Å². The van der Waals surface area contributed by atoms with Gasteiger partial charge >= 0.3 is 0 Å². The van der Waals surface area contributed by atoms with Crippen LogP contribution in [0.1, 0.15) is 39.1 Å². The van der Waals surface area contributed by atoms with Crippen molar-refractivity contribution in [2.45, 2.75) is 46.4 Å². The Morgan fingerprint density at radius 3 is 2.19 bits per heavy atom. The molecule has 0 atom stereocenters. The Balaban J connectivity index is 3.10. The van der Waals surface area contributed by atoms with Crippen molar-refractivity contribution in [1.29, 1.82) is 0 Å². The minimum absolute atomic E-state index is 0.0557. The molecule has 0 aromatic carbocycles. The average Bonchev–Trinajstić information content (AvgIpc) is 2.50. The zero-order valence-corrected chi connectivity index (χ0v) is 14.4. The number of nitrogens with one attached hydrogen (secondary N) is 1. The molecule has 7 heteroatoms. The molecule has 1 aromatic rings. The Bertz CT molecular complexity index is 692. The molecule has 6 nitrogen and oxygen atoms in total. The number of hydrogen-bond donors (Lipinski definition) is 1. The predicted molar refractivity (Wildman–Crippen MR) is 81.2 cm³/mol. The Morgan fingerprint density at radius 2 is 1.81 bits per heavy atom. The molecule has 0 aliphatic heterocycles. The summed E-state index contributed by atoms with van der Waals surface area (Å²) < 4.78 is 28.2. The zero-order chi connectivity index (χ0) is 16.6. The van der Waals surface area contributed by atoms with Gasteiger partial charge in [0.25, 0.3) is 15.9 Å². The van der Waals surface area contributed by atoms with Crippen LogP contribution in [0.5, 0.6) is 0 Å². The van der Waals surface area contributed by atoms with Crippen molar-refractivity contribution in [1.82, 2.24) is 14.5 Å². The zero-order valence-electron chi connectivity index (χ0n) is 13.6. The third-order valence-electron chi connectivity index (χ3n) is 3.48. The van der Waals surface area contributed by atoms with Crippen LogP contribution in [0.4, 0.5) is 0 Å². The molecule has 0 saturated carbocycles. The van der Waals surface area contributed by atoms with Crippen LogP contribution in [0, 0.1) is 19.3 Å². The summed E-state index contributed by atoms with van der Waals surface area (Å²) in [5.74, 6) is -0.648. The van der Waals surface area contributed by atoms with Gasteiger partial charge in [-0.2, -0.15) is 5.10 Å². The Kier molecular flexibility index (Phi) is 4.67. The standard InChI is InChI=1S/C14H23N3O3S/c1-9(14(4,5)6)8-12(18)16-21(19,20)13-10(2)15-17(7)11(13)3/h8H,1-7H3,(H,16,18)/b9-8-. The monoisotopic (exact) mass is 313 g/mol. The van der Waals surface area contributed by atoms with E-state index in [-0.39, 0.29) is 10.3 Å². The van der Waals surface area contributed by atoms with Gasteiger partial charge in [0, 0.05) is 13.1 Å². The third-order valence-corrected chi connectivity index (χ3v) is 5.08. The lowest BCUT2D eigenvalue weighted by atomic mass is 9.87. The summed E-state index contributed by atoms with van der Waals surface area (Å²) in [6.07, 6.45) is 1.32. The van der Waals surface area contributed by atoms with Gasteiger partial charge in [-0.3, -0.25) is 9.48 Å². The Morgan fingerprint density at radius 1 is 1.29 bits per heavy atom. The molecule has 0 unspecified atom stereocenters. The molecule has 0 bridgehead atoms. The van der Waals surface area contributed by atoms with Gasteiger partial charge in [-0.15, -0.1) is 0 Å². The molecule has 0 aliphatic carbocycles. The number of aromatic nitrogens is 2. The van der Waals surface area contributed by atoms with Crippen molar-refractivity contribution in [2.75, 3.05) is 0 Å². The van der Waals surface area contributed by atoms with Crippen LogP contribution in [-0.2, 0) is 21.9 Å². The van der Waals surface area contributed by atoms with E-state index in [1.165, 1.54) is 10.8 Å². The summed E-state index contributed by atoms with van der Waals surface area (Å²) >= 11 is 0. The van der Waals surface area contributed by atoms with E-state index in [1.54, 1.807) is 27.8 Å². The number of aryl methyl sites for hydroxylation is 2. The van der Waals surface area contributed by atoms with E-state index in [2.05, 4.69) is 9.82 Å². The fraction of sp³-hybridized carbons (Fsp3) is 0.571. The highest BCUT2D eigenvalue weighted by Crippen LogP contribution is 2.24. The quantitative estimate of drug-likeness (QED) is 0.863. The third kappa shape index (κ3) is 3.93. The molecule has 0 spiro atoms. The molecule has 0 saturated heterocycles. The predicted octanol–water partition coefficient (Wildman–Crippen LogP) is 1.83. The summed E-state index contributed by atoms with van der Waals surface area (Å²) in [7, 11) is -2.26. The van der Waals surface area contributed by atoms with Gasteiger partial charge in [-0.1, -0.05) is 26.3 Å². The first-order chi connectivity index (χ1) is 9.36. The summed E-state index contributed by atoms with van der Waals surface area (Å²) in [6.45, 7) is 10.9. The number of allylic oxidation sites excluding steroid dienone is 1. The van der Waals surface area contributed by atoms with E-state index in [0.717, 1.165) is 5.57 Å². The summed E-state index contributed by atoms with van der Waals surface area (Å²) in [5.41, 5.74) is 1.47. The van der Waals surface area contributed by atoms with Crippen LogP contribution in [0.25, 0.3) is 0 Å². The maximum Gasteiger partial charge on any atom is 0.267 e. The van der Waals surface area contributed by atoms with Gasteiger partial charge in [0.15, 0.2) is 0 Å². The Hall–Kier alpha value is -1.63. The van der Waals surface area contributed by atoms with Crippen molar-refractivity contribution >= 4 is 15.9 Å². The van der Waals surface area contributed by atoms with Gasteiger partial charge in [0.1, 0.15) is 4.90 Å². The number of nitrogens with zero attached hydrogens (tertiary/aromatic N) is 2. The lowest BCUT2D eigenvalue weighted by Crippen LogP contribution is -2.30. The molecule has 118 valence electrons. The van der Waals surface area contributed by atoms with Crippen molar-refractivity contribution < 1.29 is 13.2 Å². The second-order valence-electron chi connectivity index (χ2n) is 6.17. The van der Waals surface area contributed by atoms with Crippen molar-refractivity contribution in [2.24, 2.45) is 12.5 Å². The van der Waals surface area contributed by atoms with E-state index < -0.39 is 15.9 Å². The number of carbonyl (C=O) groups excluding carboxylic acids is 1. The molecule has 0 fully saturated rings. The molecule has 1 amide bonds. The second-order valence-corrected chi connectivity index (χ2v) is 7.79. The highest BCUT2D eigenvalue weighted by molar-refractivity contribution is 7.90. The van der Waals surface area contributed by atoms with Gasteiger partial charge < -0.3 is 0 Å². The number of rotatable bonds is 3. The molecule has 1 N–H and O–H groups in total. The molecule has 1 aromatic heterocycles. The van der Waals surface area contributed by atoms with E-state index >= 15 is 0 Å². The summed E-state index contributed by atoms with van der Waals surface area (Å²) in [6, 6.07) is 0. The van der Waals surface area contributed by atoms with Crippen molar-refractivity contribution in [3.63, 3.8) is 0 Å². The lowest BCUT2D eigenvalue weighted by Gasteiger charge is -2.19. The largest absolute Gasteiger partial charge is 0.271 e. The number of sulfonamides is 1. The minimum Gasteiger partial charge on any atom is -0.271 e. The molecular formula is C14H23N3O3S. The number of hydrogen-bond acceptors (Lipinski definition) is 4. The summed E-state index contributed by atoms with van der Waals surface area (Å²) in [4.78, 5) is 12.0. The SMILES string of the molecule is C/C(=C/C(=O)NS(=O)(=O)c1c(C)nn(C)c1C)C(C)(C)C. The average molecular weight is 313 g/mol. The number of amides is 1. The molecule has 1 heterocycles. The minimum atomic E-state index is -3.92. The first kappa shape index (κ1) is 17.4. The normalized spacial score (nSPS) is 13.4. The second kappa shape index (κ2) is 5.63. The van der Waals surface area contributed by atoms with Crippen LogP contribution in [-0.4, -0.2) is 24.1 Å². The maximum atomic E-state index is 12.3. The fourth-order valence-corrected chi connectivity index (χ4v) is 3.15. The smallest absolute Gasteiger partial charge is 0.267 e.